The zero-order valence-corrected chi connectivity index (χ0v) is 15.2. The second-order valence-corrected chi connectivity index (χ2v) is 7.44. The maximum atomic E-state index is 12.9. The minimum Gasteiger partial charge on any atom is -0.336 e. The van der Waals surface area contributed by atoms with E-state index in [1.165, 1.54) is 24.2 Å². The lowest BCUT2D eigenvalue weighted by atomic mass is 10.0. The highest BCUT2D eigenvalue weighted by molar-refractivity contribution is 7.99. The van der Waals surface area contributed by atoms with Crippen LogP contribution in [0.15, 0.2) is 30.3 Å². The predicted octanol–water partition coefficient (Wildman–Crippen LogP) is 3.65. The number of hydrogen-bond acceptors (Lipinski definition) is 3. The quantitative estimate of drug-likeness (QED) is 0.899. The Balaban J connectivity index is 0.00000192. The molecule has 0 saturated carbocycles. The average Bonchev–Trinajstić information content (AvgIpc) is 2.82. The van der Waals surface area contributed by atoms with Crippen LogP contribution < -0.4 is 5.32 Å². The summed E-state index contributed by atoms with van der Waals surface area (Å²) in [6.07, 6.45) is 5.35. The van der Waals surface area contributed by atoms with Crippen LogP contribution >= 0.6 is 24.2 Å². The van der Waals surface area contributed by atoms with E-state index in [0.717, 1.165) is 31.7 Å². The van der Waals surface area contributed by atoms with Gasteiger partial charge in [-0.2, -0.15) is 11.8 Å². The second kappa shape index (κ2) is 9.55. The molecular formula is C18H27ClN2OS. The second-order valence-electron chi connectivity index (χ2n) is 6.29. The zero-order chi connectivity index (χ0) is 15.2. The fourth-order valence-corrected chi connectivity index (χ4v) is 4.46. The van der Waals surface area contributed by atoms with Crippen LogP contribution in [0.2, 0.25) is 0 Å². The lowest BCUT2D eigenvalue weighted by molar-refractivity contribution is -0.134. The minimum atomic E-state index is 0. The minimum absolute atomic E-state index is 0. The van der Waals surface area contributed by atoms with Crippen molar-refractivity contribution in [3.05, 3.63) is 35.9 Å². The van der Waals surface area contributed by atoms with Crippen molar-refractivity contribution in [2.45, 2.75) is 44.2 Å². The first-order chi connectivity index (χ1) is 10.8. The molecule has 128 valence electrons. The fraction of sp³-hybridized carbons (Fsp3) is 0.611. The molecule has 1 N–H and O–H groups in total. The molecule has 5 heteroatoms. The topological polar surface area (TPSA) is 32.3 Å². The maximum Gasteiger partial charge on any atom is 0.224 e. The molecule has 1 aromatic rings. The summed E-state index contributed by atoms with van der Waals surface area (Å²) in [7, 11) is 0. The summed E-state index contributed by atoms with van der Waals surface area (Å²) >= 11 is 1.96. The molecule has 2 aliphatic rings. The first-order valence-corrected chi connectivity index (χ1v) is 9.65. The number of rotatable bonds is 3. The van der Waals surface area contributed by atoms with Crippen LogP contribution in [0.1, 0.15) is 43.7 Å². The van der Waals surface area contributed by atoms with E-state index in [2.05, 4.69) is 40.5 Å². The van der Waals surface area contributed by atoms with E-state index in [9.17, 15) is 4.79 Å². The molecule has 2 saturated heterocycles. The molecule has 2 aliphatic heterocycles. The van der Waals surface area contributed by atoms with Crippen molar-refractivity contribution in [2.24, 2.45) is 0 Å². The number of carbonyl (C=O) groups is 1. The van der Waals surface area contributed by atoms with Crippen molar-refractivity contribution in [2.75, 3.05) is 24.6 Å². The normalized spacial score (nSPS) is 25.3. The molecule has 2 unspecified atom stereocenters. The summed E-state index contributed by atoms with van der Waals surface area (Å²) in [5.74, 6) is 2.56. The largest absolute Gasteiger partial charge is 0.336 e. The Bertz CT molecular complexity index is 479. The molecular weight excluding hydrogens is 328 g/mol. The Labute approximate surface area is 150 Å². The molecule has 2 fully saturated rings. The monoisotopic (exact) mass is 354 g/mol. The van der Waals surface area contributed by atoms with Gasteiger partial charge in [-0.1, -0.05) is 43.2 Å². The van der Waals surface area contributed by atoms with Crippen molar-refractivity contribution in [3.8, 4) is 0 Å². The number of nitrogens with zero attached hydrogens (tertiary/aromatic N) is 1. The highest BCUT2D eigenvalue weighted by Crippen LogP contribution is 2.30. The number of carbonyl (C=O) groups excluding carboxylic acids is 1. The van der Waals surface area contributed by atoms with E-state index >= 15 is 0 Å². The van der Waals surface area contributed by atoms with Gasteiger partial charge in [-0.15, -0.1) is 12.4 Å². The molecule has 0 spiro atoms. The van der Waals surface area contributed by atoms with Gasteiger partial charge in [0, 0.05) is 37.1 Å². The standard InChI is InChI=1S/C18H26N2OS.ClH/c21-18(13-16-14-22-12-10-19-16)20-11-6-2-5-9-17(20)15-7-3-1-4-8-15;/h1,3-4,7-8,16-17,19H,2,5-6,9-14H2;1H. The van der Waals surface area contributed by atoms with Crippen LogP contribution in [-0.4, -0.2) is 41.4 Å². The lowest BCUT2D eigenvalue weighted by Gasteiger charge is -2.32. The van der Waals surface area contributed by atoms with Gasteiger partial charge in [0.1, 0.15) is 0 Å². The summed E-state index contributed by atoms with van der Waals surface area (Å²) in [5.41, 5.74) is 1.30. The molecule has 2 atom stereocenters. The molecule has 0 aromatic heterocycles. The van der Waals surface area contributed by atoms with Gasteiger partial charge in [0.25, 0.3) is 0 Å². The highest BCUT2D eigenvalue weighted by atomic mass is 35.5. The molecule has 1 amide bonds. The first kappa shape index (κ1) is 18.6. The Morgan fingerprint density at radius 2 is 2.04 bits per heavy atom. The van der Waals surface area contributed by atoms with E-state index in [1.54, 1.807) is 0 Å². The van der Waals surface area contributed by atoms with Crippen LogP contribution in [0, 0.1) is 0 Å². The van der Waals surface area contributed by atoms with E-state index < -0.39 is 0 Å². The third kappa shape index (κ3) is 5.13. The number of amides is 1. The third-order valence-electron chi connectivity index (χ3n) is 4.68. The van der Waals surface area contributed by atoms with Crippen molar-refractivity contribution in [1.29, 1.82) is 0 Å². The molecule has 1 aromatic carbocycles. The van der Waals surface area contributed by atoms with Gasteiger partial charge in [0.2, 0.25) is 5.91 Å². The molecule has 3 rings (SSSR count). The summed E-state index contributed by atoms with van der Waals surface area (Å²) in [5, 5.41) is 3.49. The Morgan fingerprint density at radius 1 is 1.22 bits per heavy atom. The SMILES string of the molecule is Cl.O=C(CC1CSCCN1)N1CCCCCC1c1ccccc1. The molecule has 2 heterocycles. The molecule has 0 radical (unpaired) electrons. The van der Waals surface area contributed by atoms with E-state index in [1.807, 2.05) is 11.8 Å². The summed E-state index contributed by atoms with van der Waals surface area (Å²) in [6.45, 7) is 1.95. The van der Waals surface area contributed by atoms with Gasteiger partial charge in [-0.05, 0) is 18.4 Å². The number of benzene rings is 1. The van der Waals surface area contributed by atoms with Crippen LogP contribution in [0.4, 0.5) is 0 Å². The van der Waals surface area contributed by atoms with Gasteiger partial charge in [-0.25, -0.2) is 0 Å². The van der Waals surface area contributed by atoms with E-state index in [-0.39, 0.29) is 18.4 Å². The third-order valence-corrected chi connectivity index (χ3v) is 5.81. The van der Waals surface area contributed by atoms with E-state index in [4.69, 9.17) is 0 Å². The summed E-state index contributed by atoms with van der Waals surface area (Å²) < 4.78 is 0. The fourth-order valence-electron chi connectivity index (χ4n) is 3.51. The lowest BCUT2D eigenvalue weighted by Crippen LogP contribution is -2.43. The van der Waals surface area contributed by atoms with Crippen LogP contribution in [0.3, 0.4) is 0 Å². The predicted molar refractivity (Wildman–Crippen MR) is 100 cm³/mol. The molecule has 23 heavy (non-hydrogen) atoms. The van der Waals surface area contributed by atoms with Crippen molar-refractivity contribution < 1.29 is 4.79 Å². The maximum absolute atomic E-state index is 12.9. The average molecular weight is 355 g/mol. The van der Waals surface area contributed by atoms with E-state index in [0.29, 0.717) is 18.4 Å². The summed E-state index contributed by atoms with van der Waals surface area (Å²) in [6, 6.07) is 11.2. The van der Waals surface area contributed by atoms with Crippen LogP contribution in [-0.2, 0) is 4.79 Å². The Kier molecular flexibility index (Phi) is 7.74. The highest BCUT2D eigenvalue weighted by Gasteiger charge is 2.28. The van der Waals surface area contributed by atoms with Gasteiger partial charge < -0.3 is 10.2 Å². The van der Waals surface area contributed by atoms with Crippen LogP contribution in [0.5, 0.6) is 0 Å². The van der Waals surface area contributed by atoms with Gasteiger partial charge in [-0.3, -0.25) is 4.79 Å². The van der Waals surface area contributed by atoms with Gasteiger partial charge in [0.05, 0.1) is 6.04 Å². The van der Waals surface area contributed by atoms with Gasteiger partial charge >= 0.3 is 0 Å². The number of likely N-dealkylation sites (tertiary alicyclic amines) is 1. The zero-order valence-electron chi connectivity index (χ0n) is 13.6. The number of halogens is 1. The van der Waals surface area contributed by atoms with Crippen molar-refractivity contribution in [1.82, 2.24) is 10.2 Å². The molecule has 3 nitrogen and oxygen atoms in total. The number of thioether (sulfide) groups is 1. The Morgan fingerprint density at radius 3 is 2.78 bits per heavy atom. The first-order valence-electron chi connectivity index (χ1n) is 8.50. The summed E-state index contributed by atoms with van der Waals surface area (Å²) in [4.78, 5) is 15.0. The van der Waals surface area contributed by atoms with Crippen LogP contribution in [0.25, 0.3) is 0 Å². The molecule has 0 aliphatic carbocycles. The van der Waals surface area contributed by atoms with Gasteiger partial charge in [0.15, 0.2) is 0 Å². The number of nitrogens with one attached hydrogen (secondary N) is 1. The Hall–Kier alpha value is -0.710. The number of hydrogen-bond donors (Lipinski definition) is 1. The molecule has 0 bridgehead atoms. The smallest absolute Gasteiger partial charge is 0.224 e. The van der Waals surface area contributed by atoms with Crippen molar-refractivity contribution in [3.63, 3.8) is 0 Å². The van der Waals surface area contributed by atoms with Crippen molar-refractivity contribution >= 4 is 30.1 Å².